The molecule has 0 N–H and O–H groups in total. The number of nitrogens with zero attached hydrogens (tertiary/aromatic N) is 1. The highest BCUT2D eigenvalue weighted by atomic mass is 16.6. The molecule has 120 valence electrons. The van der Waals surface area contributed by atoms with Gasteiger partial charge in [-0.1, -0.05) is 12.1 Å². The molecule has 0 aliphatic rings. The van der Waals surface area contributed by atoms with Crippen LogP contribution in [0.5, 0.6) is 0 Å². The Labute approximate surface area is 131 Å². The summed E-state index contributed by atoms with van der Waals surface area (Å²) in [6.45, 7) is 10.8. The van der Waals surface area contributed by atoms with Crippen LogP contribution < -0.4 is 0 Å². The standard InChI is InChI=1S/C17H23NO4/c1-16(2,3)21-14(19)13-9-7-12(8-10-13)11-18-15(20)22-17(4,5)6/h7-11H,1-6H3/b18-11-. The monoisotopic (exact) mass is 305 g/mol. The second-order valence-electron chi connectivity index (χ2n) is 6.86. The van der Waals surface area contributed by atoms with Crippen molar-refractivity contribution in [3.63, 3.8) is 0 Å². The number of hydrogen-bond acceptors (Lipinski definition) is 4. The third kappa shape index (κ3) is 7.02. The molecular weight excluding hydrogens is 282 g/mol. The summed E-state index contributed by atoms with van der Waals surface area (Å²) in [4.78, 5) is 27.0. The Bertz CT molecular complexity index is 560. The SMILES string of the molecule is CC(C)(C)OC(=O)/N=C\c1ccc(C(=O)OC(C)(C)C)cc1. The van der Waals surface area contributed by atoms with Crippen LogP contribution in [0.15, 0.2) is 29.3 Å². The summed E-state index contributed by atoms with van der Waals surface area (Å²) in [6, 6.07) is 6.63. The molecule has 1 rings (SSSR count). The Morgan fingerprint density at radius 3 is 1.86 bits per heavy atom. The van der Waals surface area contributed by atoms with Crippen molar-refractivity contribution in [1.29, 1.82) is 0 Å². The molecule has 0 heterocycles. The Morgan fingerprint density at radius 1 is 0.909 bits per heavy atom. The van der Waals surface area contributed by atoms with Crippen LogP contribution in [-0.2, 0) is 9.47 Å². The van der Waals surface area contributed by atoms with Crippen molar-refractivity contribution in [3.8, 4) is 0 Å². The minimum Gasteiger partial charge on any atom is -0.456 e. The van der Waals surface area contributed by atoms with Crippen LogP contribution in [0.1, 0.15) is 57.5 Å². The maximum atomic E-state index is 11.9. The number of carbonyl (C=O) groups is 2. The lowest BCUT2D eigenvalue weighted by Gasteiger charge is -2.19. The quantitative estimate of drug-likeness (QED) is 0.612. The van der Waals surface area contributed by atoms with E-state index in [2.05, 4.69) is 4.99 Å². The largest absolute Gasteiger partial charge is 0.456 e. The fourth-order valence-corrected chi connectivity index (χ4v) is 1.46. The van der Waals surface area contributed by atoms with Crippen molar-refractivity contribution >= 4 is 18.3 Å². The van der Waals surface area contributed by atoms with E-state index >= 15 is 0 Å². The van der Waals surface area contributed by atoms with Gasteiger partial charge >= 0.3 is 12.1 Å². The number of carbonyl (C=O) groups excluding carboxylic acids is 2. The molecule has 0 unspecified atom stereocenters. The molecule has 0 aliphatic carbocycles. The van der Waals surface area contributed by atoms with Gasteiger partial charge in [-0.3, -0.25) is 0 Å². The molecule has 5 nitrogen and oxygen atoms in total. The Balaban J connectivity index is 2.69. The lowest BCUT2D eigenvalue weighted by molar-refractivity contribution is 0.00692. The van der Waals surface area contributed by atoms with E-state index in [1.165, 1.54) is 6.21 Å². The van der Waals surface area contributed by atoms with E-state index in [1.54, 1.807) is 45.0 Å². The third-order valence-electron chi connectivity index (χ3n) is 2.26. The molecule has 0 radical (unpaired) electrons. The van der Waals surface area contributed by atoms with Crippen molar-refractivity contribution < 1.29 is 19.1 Å². The lowest BCUT2D eigenvalue weighted by Crippen LogP contribution is -2.23. The molecule has 5 heteroatoms. The molecule has 0 bridgehead atoms. The van der Waals surface area contributed by atoms with E-state index in [4.69, 9.17) is 9.47 Å². The molecule has 1 amide bonds. The highest BCUT2D eigenvalue weighted by Crippen LogP contribution is 2.13. The van der Waals surface area contributed by atoms with Crippen molar-refractivity contribution in [2.75, 3.05) is 0 Å². The van der Waals surface area contributed by atoms with Crippen LogP contribution in [0.25, 0.3) is 0 Å². The van der Waals surface area contributed by atoms with Crippen molar-refractivity contribution in [2.45, 2.75) is 52.7 Å². The summed E-state index contributed by atoms with van der Waals surface area (Å²) in [5.74, 6) is -0.386. The van der Waals surface area contributed by atoms with Gasteiger partial charge in [-0.05, 0) is 59.2 Å². The zero-order valence-corrected chi connectivity index (χ0v) is 14.0. The van der Waals surface area contributed by atoms with Gasteiger partial charge in [0.05, 0.1) is 5.56 Å². The first kappa shape index (κ1) is 17.9. The summed E-state index contributed by atoms with van der Waals surface area (Å²) < 4.78 is 10.3. The predicted octanol–water partition coefficient (Wildman–Crippen LogP) is 4.00. The maximum Gasteiger partial charge on any atom is 0.434 e. The molecule has 1 aromatic carbocycles. The first-order valence-electron chi connectivity index (χ1n) is 7.07. The van der Waals surface area contributed by atoms with Gasteiger partial charge in [-0.15, -0.1) is 0 Å². The van der Waals surface area contributed by atoms with Gasteiger partial charge in [0.2, 0.25) is 0 Å². The third-order valence-corrected chi connectivity index (χ3v) is 2.26. The van der Waals surface area contributed by atoms with Crippen molar-refractivity contribution in [3.05, 3.63) is 35.4 Å². The van der Waals surface area contributed by atoms with Crippen LogP contribution in [0.4, 0.5) is 4.79 Å². The van der Waals surface area contributed by atoms with E-state index in [9.17, 15) is 9.59 Å². The van der Waals surface area contributed by atoms with Crippen molar-refractivity contribution in [2.24, 2.45) is 4.99 Å². The molecular formula is C17H23NO4. The highest BCUT2D eigenvalue weighted by molar-refractivity contribution is 5.92. The molecule has 0 fully saturated rings. The van der Waals surface area contributed by atoms with Gasteiger partial charge in [0.25, 0.3) is 0 Å². The van der Waals surface area contributed by atoms with Crippen LogP contribution >= 0.6 is 0 Å². The predicted molar refractivity (Wildman–Crippen MR) is 85.4 cm³/mol. The Kier molecular flexibility index (Phi) is 5.47. The summed E-state index contributed by atoms with van der Waals surface area (Å²) >= 11 is 0. The summed E-state index contributed by atoms with van der Waals surface area (Å²) in [5.41, 5.74) is 0.0330. The minimum atomic E-state index is -0.649. The summed E-state index contributed by atoms with van der Waals surface area (Å²) in [7, 11) is 0. The first-order valence-corrected chi connectivity index (χ1v) is 7.07. The van der Waals surface area contributed by atoms with Gasteiger partial charge in [0.15, 0.2) is 0 Å². The second-order valence-corrected chi connectivity index (χ2v) is 6.86. The van der Waals surface area contributed by atoms with Crippen LogP contribution in [0.2, 0.25) is 0 Å². The molecule has 0 aliphatic heterocycles. The van der Waals surface area contributed by atoms with Gasteiger partial charge in [0.1, 0.15) is 11.2 Å². The fourth-order valence-electron chi connectivity index (χ4n) is 1.46. The zero-order chi connectivity index (χ0) is 17.0. The maximum absolute atomic E-state index is 11.9. The number of ether oxygens (including phenoxy) is 2. The normalized spacial score (nSPS) is 12.3. The van der Waals surface area contributed by atoms with Crippen LogP contribution in [0.3, 0.4) is 0 Å². The average molecular weight is 305 g/mol. The van der Waals surface area contributed by atoms with Gasteiger partial charge < -0.3 is 9.47 Å². The topological polar surface area (TPSA) is 65.0 Å². The van der Waals surface area contributed by atoms with E-state index < -0.39 is 17.3 Å². The number of hydrogen-bond donors (Lipinski definition) is 0. The average Bonchev–Trinajstić information content (AvgIpc) is 2.33. The number of aliphatic imine (C=N–C) groups is 1. The molecule has 0 atom stereocenters. The van der Waals surface area contributed by atoms with E-state index in [0.29, 0.717) is 11.1 Å². The zero-order valence-electron chi connectivity index (χ0n) is 14.0. The van der Waals surface area contributed by atoms with Gasteiger partial charge in [-0.25, -0.2) is 9.59 Å². The van der Waals surface area contributed by atoms with Gasteiger partial charge in [0, 0.05) is 6.21 Å². The number of benzene rings is 1. The van der Waals surface area contributed by atoms with Crippen molar-refractivity contribution in [1.82, 2.24) is 0 Å². The minimum absolute atomic E-state index is 0.386. The molecule has 22 heavy (non-hydrogen) atoms. The van der Waals surface area contributed by atoms with Gasteiger partial charge in [-0.2, -0.15) is 4.99 Å². The molecule has 0 saturated carbocycles. The summed E-state index contributed by atoms with van der Waals surface area (Å²) in [6.07, 6.45) is 0.746. The number of esters is 1. The summed E-state index contributed by atoms with van der Waals surface area (Å²) in [5, 5.41) is 0. The Hall–Kier alpha value is -2.17. The number of amides is 1. The molecule has 1 aromatic rings. The smallest absolute Gasteiger partial charge is 0.434 e. The first-order chi connectivity index (χ1) is 9.96. The second kappa shape index (κ2) is 6.73. The molecule has 0 saturated heterocycles. The van der Waals surface area contributed by atoms with E-state index in [-0.39, 0.29) is 5.97 Å². The molecule has 0 aromatic heterocycles. The lowest BCUT2D eigenvalue weighted by atomic mass is 10.1. The van der Waals surface area contributed by atoms with E-state index in [0.717, 1.165) is 0 Å². The van der Waals surface area contributed by atoms with E-state index in [1.807, 2.05) is 20.8 Å². The highest BCUT2D eigenvalue weighted by Gasteiger charge is 2.17. The fraction of sp³-hybridized carbons (Fsp3) is 0.471. The Morgan fingerprint density at radius 2 is 1.41 bits per heavy atom. The number of rotatable bonds is 2. The van der Waals surface area contributed by atoms with Crippen LogP contribution in [0, 0.1) is 0 Å². The molecule has 0 spiro atoms. The van der Waals surface area contributed by atoms with Crippen LogP contribution in [-0.4, -0.2) is 29.5 Å².